The molecule has 0 spiro atoms. The highest BCUT2D eigenvalue weighted by atomic mass is 35.5. The van der Waals surface area contributed by atoms with Gasteiger partial charge in [-0.15, -0.1) is 0 Å². The Morgan fingerprint density at radius 2 is 1.88 bits per heavy atom. The Morgan fingerprint density at radius 1 is 1.22 bits per heavy atom. The van der Waals surface area contributed by atoms with Crippen molar-refractivity contribution in [1.82, 2.24) is 20.8 Å². The van der Waals surface area contributed by atoms with Gasteiger partial charge in [-0.3, -0.25) is 14.4 Å². The Balaban J connectivity index is 1.53. The molecule has 2 unspecified atom stereocenters. The number of carbonyl (C=O) groups excluding carboxylic acids is 2. The van der Waals surface area contributed by atoms with Crippen LogP contribution < -0.4 is 15.7 Å². The van der Waals surface area contributed by atoms with Crippen molar-refractivity contribution in [3.8, 4) is 0 Å². The van der Waals surface area contributed by atoms with Crippen LogP contribution in [0.2, 0.25) is 10.0 Å². The van der Waals surface area contributed by atoms with Crippen LogP contribution in [0.1, 0.15) is 22.3 Å². The van der Waals surface area contributed by atoms with Gasteiger partial charge in [0, 0.05) is 35.5 Å². The highest BCUT2D eigenvalue weighted by Crippen LogP contribution is 2.49. The van der Waals surface area contributed by atoms with Gasteiger partial charge in [0.25, 0.3) is 11.8 Å². The zero-order valence-corrected chi connectivity index (χ0v) is 17.8. The van der Waals surface area contributed by atoms with Crippen molar-refractivity contribution in [3.05, 3.63) is 51.8 Å². The highest BCUT2D eigenvalue weighted by Gasteiger charge is 2.59. The number of nitrogens with zero attached hydrogens (tertiary/aromatic N) is 3. The van der Waals surface area contributed by atoms with Crippen LogP contribution in [-0.4, -0.2) is 53.7 Å². The van der Waals surface area contributed by atoms with Crippen LogP contribution in [0.25, 0.3) is 0 Å². The number of rotatable bonds is 4. The Bertz CT molecular complexity index is 1030. The van der Waals surface area contributed by atoms with Crippen molar-refractivity contribution in [3.63, 3.8) is 0 Å². The zero-order chi connectivity index (χ0) is 23.1. The minimum Gasteiger partial charge on any atom is -0.340 e. The van der Waals surface area contributed by atoms with Gasteiger partial charge in [0.1, 0.15) is 18.1 Å². The lowest BCUT2D eigenvalue weighted by Gasteiger charge is -2.32. The van der Waals surface area contributed by atoms with E-state index in [1.165, 1.54) is 35.5 Å². The van der Waals surface area contributed by atoms with E-state index in [0.717, 1.165) is 0 Å². The van der Waals surface area contributed by atoms with E-state index in [-0.39, 0.29) is 46.7 Å². The first-order valence-corrected chi connectivity index (χ1v) is 10.2. The van der Waals surface area contributed by atoms with E-state index in [4.69, 9.17) is 28.0 Å². The van der Waals surface area contributed by atoms with E-state index >= 15 is 0 Å². The molecule has 0 aliphatic carbocycles. The lowest BCUT2D eigenvalue weighted by Crippen LogP contribution is -2.45. The fourth-order valence-corrected chi connectivity index (χ4v) is 4.26. The van der Waals surface area contributed by atoms with Crippen LogP contribution in [0.15, 0.2) is 30.6 Å². The Hall–Kier alpha value is -2.63. The SMILES string of the molecule is O=C(NC1CONC1=O)c1cnc(N2CCC(c3cc(Cl)cc(Cl)c3)(C(F)(F)F)C2)nc1. The minimum atomic E-state index is -4.57. The summed E-state index contributed by atoms with van der Waals surface area (Å²) < 4.78 is 42.6. The largest absolute Gasteiger partial charge is 0.400 e. The van der Waals surface area contributed by atoms with Gasteiger partial charge in [0.05, 0.1) is 5.56 Å². The van der Waals surface area contributed by atoms with Crippen molar-refractivity contribution >= 4 is 41.0 Å². The Kier molecular flexibility index (Phi) is 5.91. The molecular weight excluding hydrogens is 474 g/mol. The molecule has 2 N–H and O–H groups in total. The summed E-state index contributed by atoms with van der Waals surface area (Å²) in [4.78, 5) is 38.0. The number of anilines is 1. The van der Waals surface area contributed by atoms with Crippen LogP contribution in [0.5, 0.6) is 0 Å². The van der Waals surface area contributed by atoms with Gasteiger partial charge in [-0.2, -0.15) is 13.2 Å². The first-order valence-electron chi connectivity index (χ1n) is 9.42. The molecule has 2 atom stereocenters. The number of hydrogen-bond donors (Lipinski definition) is 2. The molecule has 2 aliphatic rings. The zero-order valence-electron chi connectivity index (χ0n) is 16.2. The summed E-state index contributed by atoms with van der Waals surface area (Å²) in [6.07, 6.45) is -2.43. The Labute approximate surface area is 190 Å². The maximum Gasteiger partial charge on any atom is 0.400 e. The number of amides is 2. The molecule has 4 rings (SSSR count). The molecule has 0 bridgehead atoms. The summed E-state index contributed by atoms with van der Waals surface area (Å²) in [5, 5.41) is 2.68. The number of hydroxylamine groups is 1. The lowest BCUT2D eigenvalue weighted by molar-refractivity contribution is -0.184. The average molecular weight is 490 g/mol. The third kappa shape index (κ3) is 4.19. The van der Waals surface area contributed by atoms with Crippen LogP contribution >= 0.6 is 23.2 Å². The van der Waals surface area contributed by atoms with Gasteiger partial charge >= 0.3 is 6.18 Å². The molecule has 2 aromatic rings. The maximum absolute atomic E-state index is 14.2. The molecule has 1 aromatic carbocycles. The van der Waals surface area contributed by atoms with E-state index in [9.17, 15) is 22.8 Å². The first-order chi connectivity index (χ1) is 15.1. The second kappa shape index (κ2) is 8.38. The minimum absolute atomic E-state index is 0.0235. The van der Waals surface area contributed by atoms with Crippen molar-refractivity contribution in [1.29, 1.82) is 0 Å². The summed E-state index contributed by atoms with van der Waals surface area (Å²) in [7, 11) is 0. The second-order valence-corrected chi connectivity index (χ2v) is 8.36. The fraction of sp³-hybridized carbons (Fsp3) is 0.368. The van der Waals surface area contributed by atoms with E-state index in [1.807, 2.05) is 0 Å². The molecule has 3 heterocycles. The van der Waals surface area contributed by atoms with E-state index < -0.39 is 36.0 Å². The van der Waals surface area contributed by atoms with Crippen molar-refractivity contribution in [2.75, 3.05) is 24.6 Å². The van der Waals surface area contributed by atoms with E-state index in [2.05, 4.69) is 20.8 Å². The molecule has 8 nitrogen and oxygen atoms in total. The molecule has 0 radical (unpaired) electrons. The maximum atomic E-state index is 14.2. The van der Waals surface area contributed by atoms with Crippen LogP contribution in [0, 0.1) is 0 Å². The number of nitrogens with one attached hydrogen (secondary N) is 2. The predicted molar refractivity (Wildman–Crippen MR) is 108 cm³/mol. The number of halogens is 5. The molecule has 1 aromatic heterocycles. The summed E-state index contributed by atoms with van der Waals surface area (Å²) >= 11 is 11.9. The monoisotopic (exact) mass is 489 g/mol. The van der Waals surface area contributed by atoms with Crippen LogP contribution in [-0.2, 0) is 15.0 Å². The van der Waals surface area contributed by atoms with Gasteiger partial charge in [-0.25, -0.2) is 15.4 Å². The summed E-state index contributed by atoms with van der Waals surface area (Å²) in [5.74, 6) is -1.05. The number of alkyl halides is 3. The predicted octanol–water partition coefficient (Wildman–Crippen LogP) is 2.65. The molecule has 2 fully saturated rings. The topological polar surface area (TPSA) is 96.5 Å². The van der Waals surface area contributed by atoms with Gasteiger partial charge in [-0.1, -0.05) is 23.2 Å². The van der Waals surface area contributed by atoms with Gasteiger partial charge in [0.2, 0.25) is 5.95 Å². The molecule has 2 amide bonds. The van der Waals surface area contributed by atoms with Crippen LogP contribution in [0.4, 0.5) is 19.1 Å². The quantitative estimate of drug-likeness (QED) is 0.685. The first kappa shape index (κ1) is 22.6. The summed E-state index contributed by atoms with van der Waals surface area (Å²) in [6, 6.07) is 3.05. The third-order valence-corrected chi connectivity index (χ3v) is 5.89. The number of aromatic nitrogens is 2. The van der Waals surface area contributed by atoms with Gasteiger partial charge < -0.3 is 10.2 Å². The smallest absolute Gasteiger partial charge is 0.340 e. The average Bonchev–Trinajstić information content (AvgIpc) is 3.35. The number of benzene rings is 1. The molecule has 2 aliphatic heterocycles. The molecule has 13 heteroatoms. The molecule has 0 saturated carbocycles. The summed E-state index contributed by atoms with van der Waals surface area (Å²) in [5.41, 5.74) is -0.0622. The second-order valence-electron chi connectivity index (χ2n) is 7.48. The fourth-order valence-electron chi connectivity index (χ4n) is 3.73. The third-order valence-electron chi connectivity index (χ3n) is 5.45. The molecule has 170 valence electrons. The molecular formula is C19H16Cl2F3N5O3. The lowest BCUT2D eigenvalue weighted by atomic mass is 9.79. The Morgan fingerprint density at radius 3 is 2.44 bits per heavy atom. The summed E-state index contributed by atoms with van der Waals surface area (Å²) in [6.45, 7) is -0.419. The van der Waals surface area contributed by atoms with Crippen molar-refractivity contribution in [2.45, 2.75) is 24.1 Å². The standard InChI is InChI=1S/C19H16Cl2F3N5O3/c20-12-3-11(4-13(21)5-12)18(19(22,23)24)1-2-29(9-18)17-25-6-10(7-26-17)15(30)27-14-8-32-28-16(14)31/h3-7,14H,1-2,8-9H2,(H,27,30)(H,28,31). The van der Waals surface area contributed by atoms with Crippen molar-refractivity contribution < 1.29 is 27.6 Å². The van der Waals surface area contributed by atoms with Gasteiger partial charge in [-0.05, 0) is 30.2 Å². The molecule has 2 saturated heterocycles. The van der Waals surface area contributed by atoms with E-state index in [1.54, 1.807) is 0 Å². The molecule has 32 heavy (non-hydrogen) atoms. The normalized spacial score (nSPS) is 23.3. The van der Waals surface area contributed by atoms with Crippen LogP contribution in [0.3, 0.4) is 0 Å². The number of carbonyl (C=O) groups is 2. The van der Waals surface area contributed by atoms with Gasteiger partial charge in [0.15, 0.2) is 0 Å². The highest BCUT2D eigenvalue weighted by molar-refractivity contribution is 6.34. The number of hydrogen-bond acceptors (Lipinski definition) is 6. The van der Waals surface area contributed by atoms with E-state index in [0.29, 0.717) is 0 Å². The van der Waals surface area contributed by atoms with Crippen molar-refractivity contribution in [2.24, 2.45) is 0 Å².